The van der Waals surface area contributed by atoms with Crippen LogP contribution < -0.4 is 0 Å². The number of ether oxygens (including phenoxy) is 1. The molecule has 2 unspecified atom stereocenters. The maximum Gasteiger partial charge on any atom is 0.407 e. The van der Waals surface area contributed by atoms with Crippen LogP contribution in [0.3, 0.4) is 0 Å². The number of para-hydroxylation sites is 2. The molecule has 0 saturated carbocycles. The summed E-state index contributed by atoms with van der Waals surface area (Å²) in [6, 6.07) is 7.01. The van der Waals surface area contributed by atoms with E-state index in [9.17, 15) is 19.8 Å². The van der Waals surface area contributed by atoms with E-state index in [0.29, 0.717) is 31.9 Å². The molecule has 212 valence electrons. The number of imidazole rings is 1. The first-order valence-electron chi connectivity index (χ1n) is 13.8. The summed E-state index contributed by atoms with van der Waals surface area (Å²) in [7, 11) is 1.68. The number of carbonyl (C=O) groups excluding carboxylic acids is 1. The number of fused-ring (bicyclic) bond motifs is 1. The van der Waals surface area contributed by atoms with Crippen LogP contribution in [0, 0.1) is 17.3 Å². The number of unbranched alkanes of at least 4 members (excludes halogenated alkanes) is 1. The number of hydrogen-bond donors (Lipinski definition) is 2. The molecule has 4 atom stereocenters. The van der Waals surface area contributed by atoms with E-state index in [2.05, 4.69) is 13.8 Å². The Balaban J connectivity index is 2.03. The lowest BCUT2D eigenvalue weighted by molar-refractivity contribution is -0.0526. The highest BCUT2D eigenvalue weighted by Crippen LogP contribution is 2.39. The van der Waals surface area contributed by atoms with Crippen molar-refractivity contribution < 1.29 is 24.5 Å². The van der Waals surface area contributed by atoms with Gasteiger partial charge in [0.2, 0.25) is 0 Å². The van der Waals surface area contributed by atoms with Crippen molar-refractivity contribution in [3.63, 3.8) is 0 Å². The smallest absolute Gasteiger partial charge is 0.407 e. The fourth-order valence-electron chi connectivity index (χ4n) is 5.98. The molecule has 2 amide bonds. The lowest BCUT2D eigenvalue weighted by Gasteiger charge is -2.52. The molecule has 0 spiro atoms. The summed E-state index contributed by atoms with van der Waals surface area (Å²) in [6.45, 7) is 13.8. The minimum Gasteiger partial charge on any atom is -0.465 e. The SMILES string of the molecule is COCCCCn1c(C(=O)N(CC(C)C)[C@H]2C[C@@H](C(C)O)C(C(C)(C)C)N(C(=O)O)C2)nc2ccccc21. The van der Waals surface area contributed by atoms with Crippen molar-refractivity contribution >= 4 is 23.0 Å². The first-order valence-corrected chi connectivity index (χ1v) is 13.8. The van der Waals surface area contributed by atoms with Crippen LogP contribution in [0.15, 0.2) is 24.3 Å². The number of hydrogen-bond acceptors (Lipinski definition) is 5. The largest absolute Gasteiger partial charge is 0.465 e. The fourth-order valence-corrected chi connectivity index (χ4v) is 5.98. The molecule has 2 N–H and O–H groups in total. The summed E-state index contributed by atoms with van der Waals surface area (Å²) in [6.07, 6.45) is 0.488. The van der Waals surface area contributed by atoms with Crippen LogP contribution >= 0.6 is 0 Å². The molecule has 1 aromatic carbocycles. The molecular formula is C29H46N4O5. The van der Waals surface area contributed by atoms with Gasteiger partial charge < -0.3 is 29.3 Å². The van der Waals surface area contributed by atoms with Crippen LogP contribution in [0.1, 0.15) is 71.4 Å². The summed E-state index contributed by atoms with van der Waals surface area (Å²) >= 11 is 0. The third kappa shape index (κ3) is 6.67. The monoisotopic (exact) mass is 530 g/mol. The van der Waals surface area contributed by atoms with E-state index in [1.807, 2.05) is 54.5 Å². The molecule has 1 aromatic heterocycles. The number of aliphatic hydroxyl groups excluding tert-OH is 1. The van der Waals surface area contributed by atoms with Crippen LogP contribution in [-0.4, -0.2) is 86.6 Å². The number of aromatic nitrogens is 2. The third-order valence-corrected chi connectivity index (χ3v) is 7.54. The van der Waals surface area contributed by atoms with Crippen LogP contribution in [0.4, 0.5) is 4.79 Å². The zero-order valence-corrected chi connectivity index (χ0v) is 24.1. The molecule has 0 aliphatic carbocycles. The topological polar surface area (TPSA) is 108 Å². The van der Waals surface area contributed by atoms with Gasteiger partial charge in [-0.1, -0.05) is 46.8 Å². The van der Waals surface area contributed by atoms with Gasteiger partial charge >= 0.3 is 6.09 Å². The summed E-state index contributed by atoms with van der Waals surface area (Å²) in [5, 5.41) is 21.0. The van der Waals surface area contributed by atoms with Crippen molar-refractivity contribution in [2.75, 3.05) is 26.8 Å². The Bertz CT molecular complexity index is 1090. The molecule has 1 fully saturated rings. The molecule has 2 heterocycles. The van der Waals surface area contributed by atoms with Gasteiger partial charge in [-0.05, 0) is 49.7 Å². The zero-order valence-electron chi connectivity index (χ0n) is 24.1. The van der Waals surface area contributed by atoms with Gasteiger partial charge in [0.05, 0.1) is 23.2 Å². The van der Waals surface area contributed by atoms with Crippen LogP contribution in [0.5, 0.6) is 0 Å². The second-order valence-corrected chi connectivity index (χ2v) is 12.2. The van der Waals surface area contributed by atoms with E-state index >= 15 is 0 Å². The number of rotatable bonds is 10. The molecule has 9 nitrogen and oxygen atoms in total. The summed E-state index contributed by atoms with van der Waals surface area (Å²) in [5.41, 5.74) is 1.30. The molecule has 1 saturated heterocycles. The normalized spacial score (nSPS) is 21.2. The molecule has 38 heavy (non-hydrogen) atoms. The summed E-state index contributed by atoms with van der Waals surface area (Å²) in [4.78, 5) is 34.8. The molecule has 1 aliphatic heterocycles. The zero-order chi connectivity index (χ0) is 28.2. The number of amides is 2. The van der Waals surface area contributed by atoms with Gasteiger partial charge in [0.25, 0.3) is 5.91 Å². The van der Waals surface area contributed by atoms with E-state index in [0.717, 1.165) is 23.9 Å². The number of benzene rings is 1. The second-order valence-electron chi connectivity index (χ2n) is 12.2. The Morgan fingerprint density at radius 1 is 1.18 bits per heavy atom. The quantitative estimate of drug-likeness (QED) is 0.430. The summed E-state index contributed by atoms with van der Waals surface area (Å²) < 4.78 is 7.19. The van der Waals surface area contributed by atoms with E-state index in [4.69, 9.17) is 9.72 Å². The number of carboxylic acid groups (broad SMARTS) is 1. The average molecular weight is 531 g/mol. The van der Waals surface area contributed by atoms with Gasteiger partial charge in [0.1, 0.15) is 0 Å². The Kier molecular flexibility index (Phi) is 9.81. The number of aliphatic hydroxyl groups is 1. The molecule has 3 rings (SSSR count). The minimum atomic E-state index is -1.03. The molecule has 0 bridgehead atoms. The lowest BCUT2D eigenvalue weighted by Crippen LogP contribution is -2.63. The Morgan fingerprint density at radius 2 is 1.87 bits per heavy atom. The van der Waals surface area contributed by atoms with Gasteiger partial charge in [-0.25, -0.2) is 9.78 Å². The van der Waals surface area contributed by atoms with Crippen LogP contribution in [-0.2, 0) is 11.3 Å². The van der Waals surface area contributed by atoms with E-state index in [1.165, 1.54) is 4.90 Å². The average Bonchev–Trinajstić information content (AvgIpc) is 3.21. The maximum absolute atomic E-state index is 14.3. The highest BCUT2D eigenvalue weighted by molar-refractivity contribution is 5.95. The number of carbonyl (C=O) groups is 2. The predicted octanol–water partition coefficient (Wildman–Crippen LogP) is 4.73. The van der Waals surface area contributed by atoms with Gasteiger partial charge in [-0.3, -0.25) is 4.79 Å². The Labute approximate surface area is 226 Å². The second kappa shape index (κ2) is 12.5. The van der Waals surface area contributed by atoms with E-state index in [-0.39, 0.29) is 41.8 Å². The molecule has 0 radical (unpaired) electrons. The Morgan fingerprint density at radius 3 is 2.45 bits per heavy atom. The number of methoxy groups -OCH3 is 1. The standard InChI is InChI=1S/C29H46N4O5/c1-19(2)17-32(21-16-22(20(3)34)25(29(4,5)6)33(18-21)28(36)37)27(35)26-30-23-12-8-9-13-24(23)31(26)14-10-11-15-38-7/h8-9,12-13,19-22,25,34H,10-11,14-18H2,1-7H3,(H,36,37)/t20?,21-,22-,25?/m0/s1. The maximum atomic E-state index is 14.3. The Hall–Kier alpha value is -2.65. The molecular weight excluding hydrogens is 484 g/mol. The fraction of sp³-hybridized carbons (Fsp3) is 0.690. The number of nitrogens with zero attached hydrogens (tertiary/aromatic N) is 4. The van der Waals surface area contributed by atoms with E-state index in [1.54, 1.807) is 14.0 Å². The molecule has 2 aromatic rings. The van der Waals surface area contributed by atoms with Crippen molar-refractivity contribution in [1.82, 2.24) is 19.4 Å². The molecule has 1 aliphatic rings. The van der Waals surface area contributed by atoms with Gasteiger partial charge in [-0.2, -0.15) is 0 Å². The van der Waals surface area contributed by atoms with Crippen molar-refractivity contribution in [2.24, 2.45) is 17.3 Å². The summed E-state index contributed by atoms with van der Waals surface area (Å²) in [5.74, 6) is 0.0375. The van der Waals surface area contributed by atoms with Crippen molar-refractivity contribution in [1.29, 1.82) is 0 Å². The number of piperidine rings is 1. The number of likely N-dealkylation sites (tertiary alicyclic amines) is 1. The third-order valence-electron chi connectivity index (χ3n) is 7.54. The first-order chi connectivity index (χ1) is 17.9. The highest BCUT2D eigenvalue weighted by atomic mass is 16.5. The number of aryl methyl sites for hydroxylation is 1. The predicted molar refractivity (Wildman–Crippen MR) is 148 cm³/mol. The van der Waals surface area contributed by atoms with Crippen molar-refractivity contribution in [3.05, 3.63) is 30.1 Å². The van der Waals surface area contributed by atoms with Crippen LogP contribution in [0.25, 0.3) is 11.0 Å². The molecule has 9 heteroatoms. The van der Waals surface area contributed by atoms with Crippen molar-refractivity contribution in [3.8, 4) is 0 Å². The van der Waals surface area contributed by atoms with Crippen LogP contribution in [0.2, 0.25) is 0 Å². The highest BCUT2D eigenvalue weighted by Gasteiger charge is 2.48. The van der Waals surface area contributed by atoms with Crippen molar-refractivity contribution in [2.45, 2.75) is 85.5 Å². The first kappa shape index (κ1) is 29.9. The minimum absolute atomic E-state index is 0.169. The van der Waals surface area contributed by atoms with Gasteiger partial charge in [0, 0.05) is 45.3 Å². The van der Waals surface area contributed by atoms with Gasteiger partial charge in [0.15, 0.2) is 5.82 Å². The van der Waals surface area contributed by atoms with E-state index < -0.39 is 12.2 Å². The van der Waals surface area contributed by atoms with Gasteiger partial charge in [-0.15, -0.1) is 0 Å². The lowest BCUT2D eigenvalue weighted by atomic mass is 9.71.